The Kier molecular flexibility index (Phi) is 5.85. The van der Waals surface area contributed by atoms with E-state index in [0.717, 1.165) is 0 Å². The average molecular weight is 291 g/mol. The van der Waals surface area contributed by atoms with Crippen LogP contribution in [-0.4, -0.2) is 24.0 Å². The van der Waals surface area contributed by atoms with E-state index in [1.807, 2.05) is 13.8 Å². The summed E-state index contributed by atoms with van der Waals surface area (Å²) in [4.78, 5) is 15.6. The molecule has 0 aliphatic heterocycles. The van der Waals surface area contributed by atoms with Crippen LogP contribution in [0.15, 0.2) is 12.1 Å². The quantitative estimate of drug-likeness (QED) is 0.669. The van der Waals surface area contributed by atoms with E-state index < -0.39 is 0 Å². The van der Waals surface area contributed by atoms with Crippen LogP contribution in [0.4, 0.5) is 0 Å². The monoisotopic (exact) mass is 290 g/mol. The molecule has 0 aliphatic rings. The maximum atomic E-state index is 11.8. The van der Waals surface area contributed by atoms with E-state index in [1.54, 1.807) is 19.2 Å². The Hall–Kier alpha value is -0.840. The van der Waals surface area contributed by atoms with Gasteiger partial charge in [0.15, 0.2) is 0 Å². The van der Waals surface area contributed by atoms with E-state index >= 15 is 0 Å². The second kappa shape index (κ2) is 6.92. The van der Waals surface area contributed by atoms with Crippen molar-refractivity contribution >= 4 is 29.2 Å². The van der Waals surface area contributed by atoms with Gasteiger partial charge in [0.2, 0.25) is 0 Å². The third kappa shape index (κ3) is 4.44. The highest BCUT2D eigenvalue weighted by Crippen LogP contribution is 2.15. The summed E-state index contributed by atoms with van der Waals surface area (Å²) in [6.45, 7) is 4.02. The predicted octanol–water partition coefficient (Wildman–Crippen LogP) is 2.68. The zero-order valence-corrected chi connectivity index (χ0v) is 12.0. The van der Waals surface area contributed by atoms with Crippen LogP contribution >= 0.6 is 23.2 Å². The Labute approximate surface area is 117 Å². The molecule has 18 heavy (non-hydrogen) atoms. The van der Waals surface area contributed by atoms with Crippen molar-refractivity contribution in [3.05, 3.63) is 28.0 Å². The van der Waals surface area contributed by atoms with E-state index in [9.17, 15) is 4.79 Å². The van der Waals surface area contributed by atoms with E-state index in [4.69, 9.17) is 27.9 Å². The molecule has 0 saturated carbocycles. The number of aromatic nitrogens is 1. The third-order valence-electron chi connectivity index (χ3n) is 2.44. The number of nitrogens with zero attached hydrogens (tertiary/aromatic N) is 1. The lowest BCUT2D eigenvalue weighted by molar-refractivity contribution is -0.148. The number of pyridine rings is 1. The fourth-order valence-electron chi connectivity index (χ4n) is 1.57. The largest absolute Gasteiger partial charge is 0.460 e. The fourth-order valence-corrected chi connectivity index (χ4v) is 2.07. The lowest BCUT2D eigenvalue weighted by Crippen LogP contribution is -2.39. The number of carbonyl (C=O) groups excluding carboxylic acids is 1. The second-order valence-corrected chi connectivity index (χ2v) is 5.01. The van der Waals surface area contributed by atoms with Gasteiger partial charge in [0, 0.05) is 0 Å². The van der Waals surface area contributed by atoms with Gasteiger partial charge in [0.05, 0.1) is 0 Å². The van der Waals surface area contributed by atoms with E-state index in [1.165, 1.54) is 0 Å². The van der Waals surface area contributed by atoms with E-state index in [2.05, 4.69) is 10.3 Å². The third-order valence-corrected chi connectivity index (χ3v) is 2.82. The molecule has 0 unspecified atom stereocenters. The standard InChI is InChI=1S/C12H16Cl2N2O2/c1-7(2)11(15-3)12(17)18-6-8-4-9(13)16-10(14)5-8/h4-5,7,11,15H,6H2,1-3H3/t11-/m0/s1. The first-order chi connectivity index (χ1) is 8.43. The Balaban J connectivity index is 2.62. The molecule has 1 heterocycles. The number of halogens is 2. The molecule has 1 N–H and O–H groups in total. The number of hydrogen-bond acceptors (Lipinski definition) is 4. The maximum absolute atomic E-state index is 11.8. The van der Waals surface area contributed by atoms with Crippen molar-refractivity contribution in [2.24, 2.45) is 5.92 Å². The van der Waals surface area contributed by atoms with Crippen molar-refractivity contribution in [3.63, 3.8) is 0 Å². The predicted molar refractivity (Wildman–Crippen MR) is 71.7 cm³/mol. The summed E-state index contributed by atoms with van der Waals surface area (Å²) in [5.74, 6) is -0.135. The number of nitrogens with one attached hydrogen (secondary N) is 1. The van der Waals surface area contributed by atoms with Crippen LogP contribution < -0.4 is 5.32 Å². The summed E-state index contributed by atoms with van der Waals surface area (Å²) < 4.78 is 5.21. The summed E-state index contributed by atoms with van der Waals surface area (Å²) in [5.41, 5.74) is 0.715. The molecule has 0 amide bonds. The van der Waals surface area contributed by atoms with Gasteiger partial charge in [-0.1, -0.05) is 37.0 Å². The molecule has 1 rings (SSSR count). The maximum Gasteiger partial charge on any atom is 0.323 e. The van der Waals surface area contributed by atoms with Crippen molar-refractivity contribution in [1.82, 2.24) is 10.3 Å². The van der Waals surface area contributed by atoms with Gasteiger partial charge in [-0.25, -0.2) is 4.98 Å². The minimum absolute atomic E-state index is 0.131. The minimum atomic E-state index is -0.321. The van der Waals surface area contributed by atoms with Gasteiger partial charge in [0.25, 0.3) is 0 Å². The van der Waals surface area contributed by atoms with Gasteiger partial charge in [-0.2, -0.15) is 0 Å². The highest BCUT2D eigenvalue weighted by atomic mass is 35.5. The molecule has 1 aromatic heterocycles. The number of ether oxygens (including phenoxy) is 1. The molecule has 0 spiro atoms. The van der Waals surface area contributed by atoms with E-state index in [-0.39, 0.29) is 34.8 Å². The molecule has 0 radical (unpaired) electrons. The number of esters is 1. The van der Waals surface area contributed by atoms with Crippen LogP contribution in [0.2, 0.25) is 10.3 Å². The fraction of sp³-hybridized carbons (Fsp3) is 0.500. The Bertz CT molecular complexity index is 404. The van der Waals surface area contributed by atoms with Gasteiger partial charge >= 0.3 is 5.97 Å². The highest BCUT2D eigenvalue weighted by Gasteiger charge is 2.21. The topological polar surface area (TPSA) is 51.2 Å². The summed E-state index contributed by atoms with van der Waals surface area (Å²) in [7, 11) is 1.73. The Morgan fingerprint density at radius 2 is 1.94 bits per heavy atom. The average Bonchev–Trinajstić information content (AvgIpc) is 2.25. The van der Waals surface area contributed by atoms with Crippen LogP contribution in [0.1, 0.15) is 19.4 Å². The summed E-state index contributed by atoms with van der Waals surface area (Å²) >= 11 is 11.5. The lowest BCUT2D eigenvalue weighted by Gasteiger charge is -2.18. The molecule has 0 bridgehead atoms. The number of rotatable bonds is 5. The van der Waals surface area contributed by atoms with Crippen molar-refractivity contribution in [3.8, 4) is 0 Å². The summed E-state index contributed by atoms with van der Waals surface area (Å²) in [5, 5.41) is 3.48. The molecule has 1 aromatic rings. The zero-order chi connectivity index (χ0) is 13.7. The minimum Gasteiger partial charge on any atom is -0.460 e. The molecule has 100 valence electrons. The first kappa shape index (κ1) is 15.2. The Morgan fingerprint density at radius 3 is 2.39 bits per heavy atom. The van der Waals surface area contributed by atoms with Crippen molar-refractivity contribution < 1.29 is 9.53 Å². The zero-order valence-electron chi connectivity index (χ0n) is 10.5. The van der Waals surface area contributed by atoms with Crippen LogP contribution in [0.3, 0.4) is 0 Å². The van der Waals surface area contributed by atoms with Gasteiger partial charge in [-0.15, -0.1) is 0 Å². The first-order valence-corrected chi connectivity index (χ1v) is 6.35. The highest BCUT2D eigenvalue weighted by molar-refractivity contribution is 6.32. The normalized spacial score (nSPS) is 12.6. The number of likely N-dealkylation sites (N-methyl/N-ethyl adjacent to an activating group) is 1. The molecular weight excluding hydrogens is 275 g/mol. The van der Waals surface area contributed by atoms with Crippen LogP contribution in [0, 0.1) is 5.92 Å². The van der Waals surface area contributed by atoms with Crippen molar-refractivity contribution in [2.45, 2.75) is 26.5 Å². The van der Waals surface area contributed by atoms with Gasteiger partial charge in [-0.3, -0.25) is 4.79 Å². The van der Waals surface area contributed by atoms with Gasteiger partial charge < -0.3 is 10.1 Å². The molecule has 1 atom stereocenters. The van der Waals surface area contributed by atoms with Gasteiger partial charge in [0.1, 0.15) is 23.0 Å². The van der Waals surface area contributed by atoms with Crippen LogP contribution in [-0.2, 0) is 16.1 Å². The van der Waals surface area contributed by atoms with E-state index in [0.29, 0.717) is 5.56 Å². The molecule has 4 nitrogen and oxygen atoms in total. The lowest BCUT2D eigenvalue weighted by atomic mass is 10.1. The SMILES string of the molecule is CN[C@H](C(=O)OCc1cc(Cl)nc(Cl)c1)C(C)C. The number of carbonyl (C=O) groups is 1. The second-order valence-electron chi connectivity index (χ2n) is 4.24. The number of hydrogen-bond donors (Lipinski definition) is 1. The van der Waals surface area contributed by atoms with Crippen molar-refractivity contribution in [1.29, 1.82) is 0 Å². The summed E-state index contributed by atoms with van der Waals surface area (Å²) in [6, 6.07) is 2.91. The molecular formula is C12H16Cl2N2O2. The summed E-state index contributed by atoms with van der Waals surface area (Å²) in [6.07, 6.45) is 0. The molecule has 0 aromatic carbocycles. The smallest absolute Gasteiger partial charge is 0.323 e. The molecule has 0 aliphatic carbocycles. The molecule has 0 fully saturated rings. The first-order valence-electron chi connectivity index (χ1n) is 5.60. The molecule has 6 heteroatoms. The van der Waals surface area contributed by atoms with Crippen LogP contribution in [0.25, 0.3) is 0 Å². The van der Waals surface area contributed by atoms with Gasteiger partial charge in [-0.05, 0) is 30.7 Å². The Morgan fingerprint density at radius 1 is 1.39 bits per heavy atom. The molecule has 0 saturated heterocycles. The van der Waals surface area contributed by atoms with Crippen LogP contribution in [0.5, 0.6) is 0 Å². The van der Waals surface area contributed by atoms with Crippen molar-refractivity contribution in [2.75, 3.05) is 7.05 Å².